The van der Waals surface area contributed by atoms with Gasteiger partial charge in [-0.15, -0.1) is 0 Å². The Morgan fingerprint density at radius 1 is 1.36 bits per heavy atom. The number of anilines is 1. The lowest BCUT2D eigenvalue weighted by Crippen LogP contribution is -2.51. The number of hydrogen-bond acceptors (Lipinski definition) is 5. The van der Waals surface area contributed by atoms with Crippen molar-refractivity contribution in [2.75, 3.05) is 11.9 Å². The molecule has 0 heterocycles. The van der Waals surface area contributed by atoms with Crippen molar-refractivity contribution in [2.45, 2.75) is 32.2 Å². The number of amides is 1. The first-order chi connectivity index (χ1) is 10.3. The molecule has 1 aromatic rings. The highest BCUT2D eigenvalue weighted by Crippen LogP contribution is 2.22. The largest absolute Gasteiger partial charge is 0.480 e. The van der Waals surface area contributed by atoms with Crippen molar-refractivity contribution in [2.24, 2.45) is 0 Å². The second-order valence-electron chi connectivity index (χ2n) is 4.99. The smallest absolute Gasteiger partial charge is 0.329 e. The number of benzene rings is 1. The van der Waals surface area contributed by atoms with E-state index in [1.165, 1.54) is 13.0 Å². The minimum atomic E-state index is -1.31. The maximum atomic E-state index is 11.8. The van der Waals surface area contributed by atoms with Crippen LogP contribution >= 0.6 is 0 Å². The van der Waals surface area contributed by atoms with Gasteiger partial charge >= 0.3 is 5.97 Å². The van der Waals surface area contributed by atoms with Crippen LogP contribution < -0.4 is 10.6 Å². The predicted molar refractivity (Wildman–Crippen MR) is 80.7 cm³/mol. The Labute approximate surface area is 127 Å². The monoisotopic (exact) mass is 309 g/mol. The summed E-state index contributed by atoms with van der Waals surface area (Å²) in [7, 11) is 0. The zero-order chi connectivity index (χ0) is 16.8. The Morgan fingerprint density at radius 2 is 2.00 bits per heavy atom. The van der Waals surface area contributed by atoms with Gasteiger partial charge in [-0.25, -0.2) is 4.79 Å². The molecular formula is C14H19N3O5. The highest BCUT2D eigenvalue weighted by molar-refractivity contribution is 5.86. The molecule has 1 amide bonds. The number of nitro benzene ring substituents is 1. The van der Waals surface area contributed by atoms with Crippen molar-refractivity contribution < 1.29 is 19.6 Å². The first-order valence-corrected chi connectivity index (χ1v) is 6.82. The molecule has 1 rings (SSSR count). The zero-order valence-corrected chi connectivity index (χ0v) is 12.5. The second kappa shape index (κ2) is 7.39. The summed E-state index contributed by atoms with van der Waals surface area (Å²) in [5, 5.41) is 25.2. The second-order valence-corrected chi connectivity index (χ2v) is 4.99. The Hall–Kier alpha value is -2.64. The predicted octanol–water partition coefficient (Wildman–Crippen LogP) is 1.77. The average Bonchev–Trinajstić information content (AvgIpc) is 2.47. The number of nitrogens with one attached hydrogen (secondary N) is 2. The SMILES string of the molecule is CCC(C)(NC(=O)CCNc1ccccc1[N+](=O)[O-])C(=O)O. The van der Waals surface area contributed by atoms with Crippen LogP contribution in [0.3, 0.4) is 0 Å². The molecule has 1 aromatic carbocycles. The highest BCUT2D eigenvalue weighted by Gasteiger charge is 2.32. The number of carbonyl (C=O) groups excluding carboxylic acids is 1. The van der Waals surface area contributed by atoms with E-state index >= 15 is 0 Å². The quantitative estimate of drug-likeness (QED) is 0.497. The molecule has 0 saturated carbocycles. The first-order valence-electron chi connectivity index (χ1n) is 6.82. The van der Waals surface area contributed by atoms with E-state index in [4.69, 9.17) is 5.11 Å². The fraction of sp³-hybridized carbons (Fsp3) is 0.429. The van der Waals surface area contributed by atoms with Gasteiger partial charge in [0, 0.05) is 19.0 Å². The summed E-state index contributed by atoms with van der Waals surface area (Å²) in [6.45, 7) is 3.26. The van der Waals surface area contributed by atoms with E-state index in [9.17, 15) is 19.7 Å². The van der Waals surface area contributed by atoms with Gasteiger partial charge in [-0.2, -0.15) is 0 Å². The number of aliphatic carboxylic acids is 1. The summed E-state index contributed by atoms with van der Waals surface area (Å²) in [5.74, 6) is -1.53. The molecule has 1 unspecified atom stereocenters. The summed E-state index contributed by atoms with van der Waals surface area (Å²) in [6.07, 6.45) is 0.264. The van der Waals surface area contributed by atoms with Crippen LogP contribution in [0, 0.1) is 10.1 Å². The van der Waals surface area contributed by atoms with Gasteiger partial charge in [-0.1, -0.05) is 19.1 Å². The standard InChI is InChI=1S/C14H19N3O5/c1-3-14(2,13(19)20)16-12(18)8-9-15-10-6-4-5-7-11(10)17(21)22/h4-7,15H,3,8-9H2,1-2H3,(H,16,18)(H,19,20). The lowest BCUT2D eigenvalue weighted by atomic mass is 9.99. The number of carboxylic acids is 1. The number of para-hydroxylation sites is 2. The number of rotatable bonds is 8. The minimum Gasteiger partial charge on any atom is -0.480 e. The molecule has 1 atom stereocenters. The van der Waals surface area contributed by atoms with E-state index in [0.29, 0.717) is 5.69 Å². The summed E-state index contributed by atoms with van der Waals surface area (Å²) in [4.78, 5) is 33.2. The van der Waals surface area contributed by atoms with Crippen LogP contribution in [0.15, 0.2) is 24.3 Å². The van der Waals surface area contributed by atoms with Gasteiger partial charge in [0.15, 0.2) is 0 Å². The summed E-state index contributed by atoms with van der Waals surface area (Å²) in [6, 6.07) is 6.11. The molecule has 120 valence electrons. The zero-order valence-electron chi connectivity index (χ0n) is 12.5. The molecule has 22 heavy (non-hydrogen) atoms. The number of carboxylic acid groups (broad SMARTS) is 1. The number of hydrogen-bond donors (Lipinski definition) is 3. The van der Waals surface area contributed by atoms with E-state index in [-0.39, 0.29) is 25.1 Å². The van der Waals surface area contributed by atoms with Crippen LogP contribution in [0.25, 0.3) is 0 Å². The van der Waals surface area contributed by atoms with Crippen LogP contribution in [0.2, 0.25) is 0 Å². The van der Waals surface area contributed by atoms with Crippen LogP contribution in [0.1, 0.15) is 26.7 Å². The van der Waals surface area contributed by atoms with Crippen LogP contribution in [-0.4, -0.2) is 34.0 Å². The number of carbonyl (C=O) groups is 2. The molecular weight excluding hydrogens is 290 g/mol. The summed E-state index contributed by atoms with van der Waals surface area (Å²) in [5.41, 5.74) is -1.07. The van der Waals surface area contributed by atoms with E-state index in [1.54, 1.807) is 25.1 Å². The molecule has 0 aromatic heterocycles. The summed E-state index contributed by atoms with van der Waals surface area (Å²) < 4.78 is 0. The van der Waals surface area contributed by atoms with Gasteiger partial charge in [0.05, 0.1) is 4.92 Å². The normalized spacial score (nSPS) is 13.0. The fourth-order valence-electron chi connectivity index (χ4n) is 1.76. The average molecular weight is 309 g/mol. The molecule has 0 fully saturated rings. The third-order valence-corrected chi connectivity index (χ3v) is 3.36. The van der Waals surface area contributed by atoms with Crippen molar-refractivity contribution in [1.82, 2.24) is 5.32 Å². The van der Waals surface area contributed by atoms with Crippen LogP contribution in [-0.2, 0) is 9.59 Å². The minimum absolute atomic E-state index is 0.00885. The maximum absolute atomic E-state index is 11.8. The van der Waals surface area contributed by atoms with Gasteiger partial charge in [0.1, 0.15) is 11.2 Å². The molecule has 0 saturated heterocycles. The third-order valence-electron chi connectivity index (χ3n) is 3.36. The van der Waals surface area contributed by atoms with Gasteiger partial charge in [0.2, 0.25) is 5.91 Å². The van der Waals surface area contributed by atoms with Crippen molar-refractivity contribution in [3.63, 3.8) is 0 Å². The van der Waals surface area contributed by atoms with E-state index in [0.717, 1.165) is 0 Å². The molecule has 0 aliphatic rings. The molecule has 0 aliphatic heterocycles. The summed E-state index contributed by atoms with van der Waals surface area (Å²) >= 11 is 0. The van der Waals surface area contributed by atoms with Crippen LogP contribution in [0.5, 0.6) is 0 Å². The van der Waals surface area contributed by atoms with Crippen molar-refractivity contribution in [3.8, 4) is 0 Å². The Morgan fingerprint density at radius 3 is 2.55 bits per heavy atom. The van der Waals surface area contributed by atoms with Crippen molar-refractivity contribution >= 4 is 23.3 Å². The number of nitrogens with zero attached hydrogens (tertiary/aromatic N) is 1. The molecule has 3 N–H and O–H groups in total. The van der Waals surface area contributed by atoms with Crippen LogP contribution in [0.4, 0.5) is 11.4 Å². The van der Waals surface area contributed by atoms with Gasteiger partial charge in [-0.3, -0.25) is 14.9 Å². The van der Waals surface area contributed by atoms with Gasteiger partial charge in [-0.05, 0) is 19.4 Å². The Balaban J connectivity index is 2.56. The molecule has 8 heteroatoms. The maximum Gasteiger partial charge on any atom is 0.329 e. The first kappa shape index (κ1) is 17.4. The molecule has 8 nitrogen and oxygen atoms in total. The molecule has 0 bridgehead atoms. The molecule has 0 spiro atoms. The van der Waals surface area contributed by atoms with Gasteiger partial charge < -0.3 is 15.7 Å². The Bertz CT molecular complexity index is 575. The van der Waals surface area contributed by atoms with Crippen molar-refractivity contribution in [1.29, 1.82) is 0 Å². The van der Waals surface area contributed by atoms with Gasteiger partial charge in [0.25, 0.3) is 5.69 Å². The lowest BCUT2D eigenvalue weighted by molar-refractivity contribution is -0.384. The molecule has 0 aliphatic carbocycles. The van der Waals surface area contributed by atoms with E-state index in [1.807, 2.05) is 0 Å². The third kappa shape index (κ3) is 4.44. The Kier molecular flexibility index (Phi) is 5.85. The lowest BCUT2D eigenvalue weighted by Gasteiger charge is -2.24. The van der Waals surface area contributed by atoms with E-state index in [2.05, 4.69) is 10.6 Å². The fourth-order valence-corrected chi connectivity index (χ4v) is 1.76. The number of nitro groups is 1. The highest BCUT2D eigenvalue weighted by atomic mass is 16.6. The van der Waals surface area contributed by atoms with Crippen molar-refractivity contribution in [3.05, 3.63) is 34.4 Å². The molecule has 0 radical (unpaired) electrons. The topological polar surface area (TPSA) is 122 Å². The van der Waals surface area contributed by atoms with E-state index < -0.39 is 22.3 Å².